The van der Waals surface area contributed by atoms with Crippen molar-refractivity contribution in [2.24, 2.45) is 0 Å². The number of rotatable bonds is 5. The zero-order valence-electron chi connectivity index (χ0n) is 13.2. The Morgan fingerprint density at radius 2 is 1.88 bits per heavy atom. The zero-order chi connectivity index (χ0) is 17.1. The molecule has 0 aliphatic rings. The van der Waals surface area contributed by atoms with E-state index in [0.717, 1.165) is 11.1 Å². The highest BCUT2D eigenvalue weighted by Crippen LogP contribution is 2.27. The summed E-state index contributed by atoms with van der Waals surface area (Å²) in [6.07, 6.45) is 0.676. The molecule has 0 fully saturated rings. The highest BCUT2D eigenvalue weighted by atomic mass is 19.1. The largest absolute Gasteiger partial charge is 0.461 e. The fourth-order valence-electron chi connectivity index (χ4n) is 2.81. The number of hydrogen-bond donors (Lipinski definition) is 0. The second-order valence-electron chi connectivity index (χ2n) is 5.33. The van der Waals surface area contributed by atoms with Crippen molar-refractivity contribution in [2.45, 2.75) is 13.5 Å². The number of ether oxygens (including phenoxy) is 1. The van der Waals surface area contributed by atoms with Gasteiger partial charge in [-0.2, -0.15) is 0 Å². The van der Waals surface area contributed by atoms with Gasteiger partial charge >= 0.3 is 5.97 Å². The molecule has 5 heteroatoms. The Hall–Kier alpha value is -2.95. The third-order valence-corrected chi connectivity index (χ3v) is 3.85. The summed E-state index contributed by atoms with van der Waals surface area (Å²) >= 11 is 0. The molecule has 3 rings (SSSR count). The van der Waals surface area contributed by atoms with Gasteiger partial charge in [-0.05, 0) is 30.7 Å². The van der Waals surface area contributed by atoms with Crippen LogP contribution >= 0.6 is 0 Å². The van der Waals surface area contributed by atoms with Crippen molar-refractivity contribution < 1.29 is 18.7 Å². The van der Waals surface area contributed by atoms with E-state index in [1.807, 2.05) is 18.2 Å². The molecule has 24 heavy (non-hydrogen) atoms. The van der Waals surface area contributed by atoms with Gasteiger partial charge in [-0.15, -0.1) is 0 Å². The summed E-state index contributed by atoms with van der Waals surface area (Å²) in [7, 11) is 0. The molecule has 122 valence electrons. The first-order valence-electron chi connectivity index (χ1n) is 7.63. The smallest absolute Gasteiger partial charge is 0.355 e. The molecular weight excluding hydrogens is 309 g/mol. The number of aromatic nitrogens is 1. The fraction of sp³-hybridized carbons (Fsp3) is 0.158. The number of carbonyl (C=O) groups is 2. The predicted octanol–water partition coefficient (Wildman–Crippen LogP) is 3.82. The maximum Gasteiger partial charge on any atom is 0.355 e. The summed E-state index contributed by atoms with van der Waals surface area (Å²) in [5, 5.41) is 0.692. The van der Waals surface area contributed by atoms with E-state index in [9.17, 15) is 14.0 Å². The molecular formula is C19H16FNO3. The Kier molecular flexibility index (Phi) is 4.42. The van der Waals surface area contributed by atoms with Crippen LogP contribution in [0.2, 0.25) is 0 Å². The summed E-state index contributed by atoms with van der Waals surface area (Å²) in [6, 6.07) is 13.3. The van der Waals surface area contributed by atoms with Crippen LogP contribution in [0.15, 0.2) is 48.5 Å². The molecule has 1 aromatic heterocycles. The van der Waals surface area contributed by atoms with E-state index in [2.05, 4.69) is 0 Å². The number of nitrogens with zero attached hydrogens (tertiary/aromatic N) is 1. The quantitative estimate of drug-likeness (QED) is 0.529. The summed E-state index contributed by atoms with van der Waals surface area (Å²) < 4.78 is 20.0. The number of carbonyl (C=O) groups excluding carboxylic acids is 2. The predicted molar refractivity (Wildman–Crippen MR) is 88.8 cm³/mol. The number of halogens is 1. The molecule has 1 heterocycles. The van der Waals surface area contributed by atoms with Crippen LogP contribution in [0, 0.1) is 5.82 Å². The molecule has 0 saturated carbocycles. The van der Waals surface area contributed by atoms with Crippen LogP contribution in [0.1, 0.15) is 33.3 Å². The van der Waals surface area contributed by atoms with Gasteiger partial charge in [0.1, 0.15) is 11.5 Å². The summed E-state index contributed by atoms with van der Waals surface area (Å²) in [6.45, 7) is 2.27. The van der Waals surface area contributed by atoms with Crippen LogP contribution in [-0.4, -0.2) is 23.4 Å². The lowest BCUT2D eigenvalue weighted by molar-refractivity contribution is 0.0512. The van der Waals surface area contributed by atoms with Gasteiger partial charge in [-0.1, -0.05) is 30.3 Å². The maximum absolute atomic E-state index is 13.1. The number of esters is 1. The lowest BCUT2D eigenvalue weighted by Crippen LogP contribution is -2.14. The number of benzene rings is 2. The van der Waals surface area contributed by atoms with Gasteiger partial charge in [0, 0.05) is 17.4 Å². The molecule has 0 aliphatic heterocycles. The first kappa shape index (κ1) is 15.9. The zero-order valence-corrected chi connectivity index (χ0v) is 13.2. The molecule has 0 bridgehead atoms. The molecule has 0 unspecified atom stereocenters. The second kappa shape index (κ2) is 6.66. The molecule has 0 N–H and O–H groups in total. The highest BCUT2D eigenvalue weighted by Gasteiger charge is 2.23. The van der Waals surface area contributed by atoms with Gasteiger partial charge in [0.05, 0.1) is 12.2 Å². The van der Waals surface area contributed by atoms with Crippen molar-refractivity contribution in [1.82, 2.24) is 4.57 Å². The van der Waals surface area contributed by atoms with Crippen molar-refractivity contribution in [3.8, 4) is 0 Å². The average Bonchev–Trinajstić information content (AvgIpc) is 2.91. The summed E-state index contributed by atoms with van der Waals surface area (Å²) in [5.41, 5.74) is 2.11. The van der Waals surface area contributed by atoms with E-state index in [1.165, 1.54) is 12.1 Å². The topological polar surface area (TPSA) is 48.3 Å². The minimum atomic E-state index is -0.544. The van der Waals surface area contributed by atoms with E-state index in [0.29, 0.717) is 23.8 Å². The standard InChI is InChI=1S/C19H16FNO3/c1-2-24-19(23)18-16(12-22)15-5-3-4-6-17(15)21(18)11-13-7-9-14(20)10-8-13/h3-10,12H,2,11H2,1H3. The Balaban J connectivity index is 2.20. The van der Waals surface area contributed by atoms with Crippen LogP contribution in [0.25, 0.3) is 10.9 Å². The van der Waals surface area contributed by atoms with Crippen molar-refractivity contribution >= 4 is 23.2 Å². The molecule has 4 nitrogen and oxygen atoms in total. The Bertz CT molecular complexity index is 897. The number of para-hydroxylation sites is 1. The summed E-state index contributed by atoms with van der Waals surface area (Å²) in [5.74, 6) is -0.867. The first-order valence-corrected chi connectivity index (χ1v) is 7.63. The first-order chi connectivity index (χ1) is 11.7. The van der Waals surface area contributed by atoms with Crippen LogP contribution < -0.4 is 0 Å². The molecule has 2 aromatic carbocycles. The minimum absolute atomic E-state index is 0.217. The van der Waals surface area contributed by atoms with E-state index in [1.54, 1.807) is 29.7 Å². The highest BCUT2D eigenvalue weighted by molar-refractivity contribution is 6.08. The average molecular weight is 325 g/mol. The van der Waals surface area contributed by atoms with E-state index in [4.69, 9.17) is 4.74 Å². The lowest BCUT2D eigenvalue weighted by Gasteiger charge is -2.11. The van der Waals surface area contributed by atoms with Crippen LogP contribution in [0.5, 0.6) is 0 Å². The number of hydrogen-bond acceptors (Lipinski definition) is 3. The molecule has 0 spiro atoms. The molecule has 3 aromatic rings. The van der Waals surface area contributed by atoms with Crippen molar-refractivity contribution in [2.75, 3.05) is 6.61 Å². The van der Waals surface area contributed by atoms with E-state index in [-0.39, 0.29) is 18.1 Å². The SMILES string of the molecule is CCOC(=O)c1c(C=O)c2ccccc2n1Cc1ccc(F)cc1. The van der Waals surface area contributed by atoms with Gasteiger partial charge in [0.25, 0.3) is 0 Å². The second-order valence-corrected chi connectivity index (χ2v) is 5.33. The van der Waals surface area contributed by atoms with Gasteiger partial charge in [0.2, 0.25) is 0 Å². The third-order valence-electron chi connectivity index (χ3n) is 3.85. The van der Waals surface area contributed by atoms with Crippen molar-refractivity contribution in [3.05, 3.63) is 71.2 Å². The maximum atomic E-state index is 13.1. The van der Waals surface area contributed by atoms with E-state index < -0.39 is 5.97 Å². The van der Waals surface area contributed by atoms with E-state index >= 15 is 0 Å². The summed E-state index contributed by atoms with van der Waals surface area (Å²) in [4.78, 5) is 24.0. The minimum Gasteiger partial charge on any atom is -0.461 e. The van der Waals surface area contributed by atoms with Crippen molar-refractivity contribution in [3.63, 3.8) is 0 Å². The van der Waals surface area contributed by atoms with Crippen LogP contribution in [0.3, 0.4) is 0 Å². The lowest BCUT2D eigenvalue weighted by atomic mass is 10.1. The Morgan fingerprint density at radius 1 is 1.17 bits per heavy atom. The molecule has 0 aliphatic carbocycles. The Morgan fingerprint density at radius 3 is 2.54 bits per heavy atom. The van der Waals surface area contributed by atoms with Gasteiger partial charge < -0.3 is 9.30 Å². The monoisotopic (exact) mass is 325 g/mol. The number of aldehydes is 1. The van der Waals surface area contributed by atoms with Gasteiger partial charge in [-0.25, -0.2) is 9.18 Å². The molecule has 0 amide bonds. The number of fused-ring (bicyclic) bond motifs is 1. The van der Waals surface area contributed by atoms with Crippen LogP contribution in [0.4, 0.5) is 4.39 Å². The normalized spacial score (nSPS) is 10.8. The van der Waals surface area contributed by atoms with Gasteiger partial charge in [0.15, 0.2) is 6.29 Å². The molecule has 0 atom stereocenters. The molecule has 0 saturated heterocycles. The molecule has 0 radical (unpaired) electrons. The fourth-order valence-corrected chi connectivity index (χ4v) is 2.81. The van der Waals surface area contributed by atoms with Crippen LogP contribution in [-0.2, 0) is 11.3 Å². The van der Waals surface area contributed by atoms with Gasteiger partial charge in [-0.3, -0.25) is 4.79 Å². The third kappa shape index (κ3) is 2.80. The Labute approximate surface area is 138 Å². The van der Waals surface area contributed by atoms with Crippen molar-refractivity contribution in [1.29, 1.82) is 0 Å².